The summed E-state index contributed by atoms with van der Waals surface area (Å²) in [4.78, 5) is 0. The van der Waals surface area contributed by atoms with Crippen LogP contribution in [0.25, 0.3) is 0 Å². The highest BCUT2D eigenvalue weighted by Crippen LogP contribution is 1.76. The normalized spacial score (nSPS) is 6.00. The Morgan fingerprint density at radius 2 is 2.00 bits per heavy atom. The predicted octanol–water partition coefficient (Wildman–Crippen LogP) is 0.417. The van der Waals surface area contributed by atoms with Crippen molar-refractivity contribution in [2.45, 2.75) is 6.92 Å². The molecule has 0 unspecified atom stereocenters. The van der Waals surface area contributed by atoms with Crippen molar-refractivity contribution < 1.29 is 3.83 Å². The van der Waals surface area contributed by atoms with Crippen LogP contribution in [0.1, 0.15) is 6.92 Å². The fraction of sp³-hybridized carbons (Fsp3) is 1.00. The van der Waals surface area contributed by atoms with Gasteiger partial charge in [0, 0.05) is 0 Å². The molecule has 30 valence electrons. The Bertz CT molecular complexity index is 11.6. The van der Waals surface area contributed by atoms with E-state index in [4.69, 9.17) is 0 Å². The predicted molar refractivity (Wildman–Crippen MR) is 29.1 cm³/mol. The van der Waals surface area contributed by atoms with Crippen LogP contribution >= 0.6 is 16.3 Å². The number of rotatable bonds is 1. The van der Waals surface area contributed by atoms with Crippen molar-refractivity contribution in [2.24, 2.45) is 0 Å². The van der Waals surface area contributed by atoms with E-state index in [1.807, 2.05) is 6.92 Å². The van der Waals surface area contributed by atoms with Crippen LogP contribution in [0, 0.1) is 0 Å². The zero-order valence-corrected chi connectivity index (χ0v) is 4.08. The van der Waals surface area contributed by atoms with Gasteiger partial charge in [-0.1, -0.05) is 0 Å². The molecule has 0 N–H and O–H groups in total. The van der Waals surface area contributed by atoms with Crippen molar-refractivity contribution >= 4 is 39.3 Å². The molecule has 0 spiro atoms. The summed E-state index contributed by atoms with van der Waals surface area (Å²) < 4.78 is 4.35. The second-order valence-corrected chi connectivity index (χ2v) is 0.856. The van der Waals surface area contributed by atoms with Crippen LogP contribution in [0.2, 0.25) is 0 Å². The van der Waals surface area contributed by atoms with E-state index in [9.17, 15) is 0 Å². The topological polar surface area (TPSA) is 9.23 Å². The van der Waals surface area contributed by atoms with E-state index in [2.05, 4.69) is 20.1 Å². The lowest BCUT2D eigenvalue weighted by atomic mass is 10.9. The second-order valence-electron chi connectivity index (χ2n) is 0.398. The highest BCUT2D eigenvalue weighted by atomic mass is 79.9. The standard InChI is InChI=1S/C2H5BrO.Mg.2H/c1-2-4-3;;;/h2H2,1H3;;;. The van der Waals surface area contributed by atoms with Gasteiger partial charge >= 0.3 is 23.1 Å². The summed E-state index contributed by atoms with van der Waals surface area (Å²) in [5.41, 5.74) is 0. The molecule has 0 aliphatic rings. The third kappa shape index (κ3) is 11.0. The van der Waals surface area contributed by atoms with Gasteiger partial charge in [0.1, 0.15) is 0 Å². The molecule has 0 atom stereocenters. The lowest BCUT2D eigenvalue weighted by Gasteiger charge is -1.71. The van der Waals surface area contributed by atoms with E-state index in [0.717, 1.165) is 6.61 Å². The maximum absolute atomic E-state index is 4.35. The first kappa shape index (κ1) is 9.51. The van der Waals surface area contributed by atoms with Gasteiger partial charge in [0.2, 0.25) is 0 Å². The molecule has 0 heterocycles. The third-order valence-corrected chi connectivity index (χ3v) is 0.567. The lowest BCUT2D eigenvalue weighted by molar-refractivity contribution is 0.426. The summed E-state index contributed by atoms with van der Waals surface area (Å²) >= 11 is 2.75. The minimum atomic E-state index is 0. The van der Waals surface area contributed by atoms with Crippen LogP contribution in [0.3, 0.4) is 0 Å². The van der Waals surface area contributed by atoms with Gasteiger partial charge in [0.05, 0.1) is 22.9 Å². The molecule has 0 saturated carbocycles. The average Bonchev–Trinajstić information content (AvgIpc) is 1.37. The van der Waals surface area contributed by atoms with Crippen LogP contribution in [0.15, 0.2) is 0 Å². The Morgan fingerprint density at radius 1 is 1.80 bits per heavy atom. The van der Waals surface area contributed by atoms with Crippen molar-refractivity contribution in [3.8, 4) is 0 Å². The molecule has 0 aromatic heterocycles. The van der Waals surface area contributed by atoms with Gasteiger partial charge in [0.25, 0.3) is 0 Å². The van der Waals surface area contributed by atoms with Crippen LogP contribution in [0.5, 0.6) is 0 Å². The Balaban J connectivity index is 0. The molecule has 0 aliphatic heterocycles. The first-order valence-corrected chi connectivity index (χ1v) is 1.80. The van der Waals surface area contributed by atoms with Gasteiger partial charge in [-0.3, -0.25) is 0 Å². The molecule has 0 bridgehead atoms. The van der Waals surface area contributed by atoms with Crippen molar-refractivity contribution in [1.29, 1.82) is 0 Å². The zero-order chi connectivity index (χ0) is 3.41. The Labute approximate surface area is 56.7 Å². The molecule has 3 heteroatoms. The second kappa shape index (κ2) is 8.96. The van der Waals surface area contributed by atoms with Gasteiger partial charge in [-0.2, -0.15) is 0 Å². The maximum Gasteiger partial charge on any atom is 0.316 e. The van der Waals surface area contributed by atoms with Gasteiger partial charge < -0.3 is 3.83 Å². The summed E-state index contributed by atoms with van der Waals surface area (Å²) in [5, 5.41) is 0. The highest BCUT2D eigenvalue weighted by molar-refractivity contribution is 9.06. The number of hydrogen-bond donors (Lipinski definition) is 0. The summed E-state index contributed by atoms with van der Waals surface area (Å²) in [6.45, 7) is 2.65. The van der Waals surface area contributed by atoms with Gasteiger partial charge in [-0.05, 0) is 6.92 Å². The van der Waals surface area contributed by atoms with Crippen LogP contribution in [-0.2, 0) is 3.83 Å². The van der Waals surface area contributed by atoms with Crippen molar-refractivity contribution in [3.63, 3.8) is 0 Å². The minimum absolute atomic E-state index is 0. The first-order valence-electron chi connectivity index (χ1n) is 1.15. The van der Waals surface area contributed by atoms with Crippen molar-refractivity contribution in [2.75, 3.05) is 6.61 Å². The first-order chi connectivity index (χ1) is 1.91. The molecule has 0 fully saturated rings. The van der Waals surface area contributed by atoms with Gasteiger partial charge in [-0.25, -0.2) is 0 Å². The van der Waals surface area contributed by atoms with Crippen molar-refractivity contribution in [1.82, 2.24) is 0 Å². The van der Waals surface area contributed by atoms with E-state index in [1.165, 1.54) is 0 Å². The lowest BCUT2D eigenvalue weighted by Crippen LogP contribution is -1.63. The molecule has 0 aromatic rings. The molecule has 0 aliphatic carbocycles. The maximum atomic E-state index is 4.35. The van der Waals surface area contributed by atoms with E-state index >= 15 is 0 Å². The fourth-order valence-corrected chi connectivity index (χ4v) is 0. The van der Waals surface area contributed by atoms with E-state index in [1.54, 1.807) is 0 Å². The SMILES string of the molecule is CCOBr.[MgH2]. The largest absolute Gasteiger partial charge is 0.316 e. The Kier molecular flexibility index (Phi) is 17.0. The summed E-state index contributed by atoms with van der Waals surface area (Å²) in [6, 6.07) is 0. The Hall–Kier alpha value is 1.21. The Morgan fingerprint density at radius 3 is 2.00 bits per heavy atom. The third-order valence-electron chi connectivity index (χ3n) is 0.109. The summed E-state index contributed by atoms with van der Waals surface area (Å²) in [6.07, 6.45) is 0. The molecule has 0 rings (SSSR count). The van der Waals surface area contributed by atoms with E-state index < -0.39 is 0 Å². The van der Waals surface area contributed by atoms with Gasteiger partial charge in [-0.15, -0.1) is 0 Å². The monoisotopic (exact) mass is 150 g/mol. The molecule has 0 saturated heterocycles. The fourth-order valence-electron chi connectivity index (χ4n) is 0. The van der Waals surface area contributed by atoms with Crippen LogP contribution in [-0.4, -0.2) is 29.7 Å². The molecule has 0 radical (unpaired) electrons. The smallest absolute Gasteiger partial charge is 0.308 e. The quantitative estimate of drug-likeness (QED) is 0.493. The molecular formula is C2H7BrMgO. The van der Waals surface area contributed by atoms with Crippen LogP contribution in [0.4, 0.5) is 0 Å². The highest BCUT2D eigenvalue weighted by Gasteiger charge is 1.55. The molecule has 1 nitrogen and oxygen atoms in total. The molecule has 0 aromatic carbocycles. The van der Waals surface area contributed by atoms with Crippen LogP contribution < -0.4 is 0 Å². The average molecular weight is 151 g/mol. The minimum Gasteiger partial charge on any atom is -0.308 e. The zero-order valence-electron chi connectivity index (χ0n) is 2.49. The van der Waals surface area contributed by atoms with Crippen molar-refractivity contribution in [3.05, 3.63) is 0 Å². The van der Waals surface area contributed by atoms with Gasteiger partial charge in [0.15, 0.2) is 0 Å². The number of hydrogen-bond acceptors (Lipinski definition) is 1. The molecule has 0 amide bonds. The van der Waals surface area contributed by atoms with E-state index in [0.29, 0.717) is 0 Å². The summed E-state index contributed by atoms with van der Waals surface area (Å²) in [7, 11) is 0. The van der Waals surface area contributed by atoms with E-state index in [-0.39, 0.29) is 23.1 Å². The number of halogens is 1. The summed E-state index contributed by atoms with van der Waals surface area (Å²) in [5.74, 6) is 0. The molecule has 5 heavy (non-hydrogen) atoms. The molecular weight excluding hydrogens is 144 g/mol.